The first-order chi connectivity index (χ1) is 7.09. The summed E-state index contributed by atoms with van der Waals surface area (Å²) in [4.78, 5) is 13.6. The second-order valence-electron chi connectivity index (χ2n) is 3.64. The lowest BCUT2D eigenvalue weighted by Gasteiger charge is -2.10. The zero-order chi connectivity index (χ0) is 11.3. The van der Waals surface area contributed by atoms with Crippen LogP contribution in [0.15, 0.2) is 24.3 Å². The molecule has 0 fully saturated rings. The molecule has 0 aliphatic rings. The Bertz CT molecular complexity index is 319. The first-order valence-electron chi connectivity index (χ1n) is 4.84. The predicted molar refractivity (Wildman–Crippen MR) is 60.1 cm³/mol. The van der Waals surface area contributed by atoms with Crippen LogP contribution in [-0.2, 0) is 0 Å². The lowest BCUT2D eigenvalue weighted by Crippen LogP contribution is -2.31. The zero-order valence-corrected chi connectivity index (χ0v) is 9.08. The van der Waals surface area contributed by atoms with Crippen molar-refractivity contribution in [3.05, 3.63) is 29.8 Å². The van der Waals surface area contributed by atoms with Crippen molar-refractivity contribution in [1.82, 2.24) is 16.0 Å². The van der Waals surface area contributed by atoms with Crippen LogP contribution in [0.4, 0.5) is 5.69 Å². The molecule has 1 aromatic carbocycles. The van der Waals surface area contributed by atoms with Crippen molar-refractivity contribution < 1.29 is 4.79 Å². The molecule has 1 amide bonds. The summed E-state index contributed by atoms with van der Waals surface area (Å²) >= 11 is 0. The summed E-state index contributed by atoms with van der Waals surface area (Å²) in [7, 11) is 3.92. The van der Waals surface area contributed by atoms with Crippen LogP contribution in [-0.4, -0.2) is 38.0 Å². The fraction of sp³-hybridized carbons (Fsp3) is 0.364. The van der Waals surface area contributed by atoms with Crippen LogP contribution in [0.25, 0.3) is 0 Å². The van der Waals surface area contributed by atoms with Crippen LogP contribution in [0.5, 0.6) is 0 Å². The van der Waals surface area contributed by atoms with Crippen molar-refractivity contribution >= 4 is 11.6 Å². The van der Waals surface area contributed by atoms with Gasteiger partial charge in [-0.3, -0.25) is 4.79 Å². The maximum absolute atomic E-state index is 11.5. The Balaban J connectivity index is 2.43. The number of nitrogens with zero attached hydrogens (tertiary/aromatic N) is 1. The van der Waals surface area contributed by atoms with Crippen LogP contribution < -0.4 is 11.1 Å². The van der Waals surface area contributed by atoms with Gasteiger partial charge in [0.05, 0.1) is 5.69 Å². The molecule has 0 aromatic heterocycles. The molecule has 0 unspecified atom stereocenters. The van der Waals surface area contributed by atoms with E-state index in [4.69, 9.17) is 5.73 Å². The van der Waals surface area contributed by atoms with Crippen molar-refractivity contribution in [2.45, 2.75) is 0 Å². The number of benzene rings is 1. The molecule has 1 radical (unpaired) electrons. The molecule has 0 bridgehead atoms. The zero-order valence-electron chi connectivity index (χ0n) is 9.08. The molecule has 0 heterocycles. The molecule has 2 N–H and O–H groups in total. The topological polar surface area (TPSA) is 56.1 Å². The monoisotopic (exact) mass is 206 g/mol. The third-order valence-electron chi connectivity index (χ3n) is 1.99. The Morgan fingerprint density at radius 1 is 1.33 bits per heavy atom. The fourth-order valence-corrected chi connectivity index (χ4v) is 1.12. The van der Waals surface area contributed by atoms with Gasteiger partial charge in [0.1, 0.15) is 0 Å². The maximum Gasteiger partial charge on any atom is 0.251 e. The average Bonchev–Trinajstić information content (AvgIpc) is 2.18. The van der Waals surface area contributed by atoms with Crippen LogP contribution in [0.3, 0.4) is 0 Å². The number of likely N-dealkylation sites (N-methyl/N-ethyl adjacent to an activating group) is 1. The first kappa shape index (κ1) is 11.5. The van der Waals surface area contributed by atoms with Crippen molar-refractivity contribution in [3.63, 3.8) is 0 Å². The summed E-state index contributed by atoms with van der Waals surface area (Å²) in [5.41, 5.74) is 8.31. The molecule has 4 nitrogen and oxygen atoms in total. The van der Waals surface area contributed by atoms with E-state index >= 15 is 0 Å². The second kappa shape index (κ2) is 5.36. The van der Waals surface area contributed by atoms with Gasteiger partial charge >= 0.3 is 0 Å². The lowest BCUT2D eigenvalue weighted by molar-refractivity contribution is 0.0951. The summed E-state index contributed by atoms with van der Waals surface area (Å²) in [6.45, 7) is 1.46. The summed E-state index contributed by atoms with van der Waals surface area (Å²) < 4.78 is 0. The summed E-state index contributed by atoms with van der Waals surface area (Å²) in [6, 6.07) is 6.54. The third-order valence-corrected chi connectivity index (χ3v) is 1.99. The number of carbonyl (C=O) groups excluding carboxylic acids is 1. The van der Waals surface area contributed by atoms with Crippen molar-refractivity contribution in [2.75, 3.05) is 27.2 Å². The van der Waals surface area contributed by atoms with E-state index in [1.54, 1.807) is 24.3 Å². The van der Waals surface area contributed by atoms with Gasteiger partial charge < -0.3 is 16.0 Å². The first-order valence-corrected chi connectivity index (χ1v) is 4.84. The minimum Gasteiger partial charge on any atom is -0.351 e. The van der Waals surface area contributed by atoms with Gasteiger partial charge in [0.15, 0.2) is 0 Å². The molecule has 15 heavy (non-hydrogen) atoms. The molecule has 0 aliphatic carbocycles. The summed E-state index contributed by atoms with van der Waals surface area (Å²) in [5, 5.41) is 2.81. The molecule has 0 saturated carbocycles. The number of hydrogen-bond donors (Lipinski definition) is 1. The van der Waals surface area contributed by atoms with Gasteiger partial charge in [-0.05, 0) is 38.4 Å². The van der Waals surface area contributed by atoms with Crippen molar-refractivity contribution in [1.29, 1.82) is 0 Å². The number of nitrogens with one attached hydrogen (secondary N) is 2. The highest BCUT2D eigenvalue weighted by atomic mass is 16.1. The van der Waals surface area contributed by atoms with E-state index in [0.29, 0.717) is 17.8 Å². The summed E-state index contributed by atoms with van der Waals surface area (Å²) in [6.07, 6.45) is 0. The number of amides is 1. The fourth-order valence-electron chi connectivity index (χ4n) is 1.12. The predicted octanol–water partition coefficient (Wildman–Crippen LogP) is 0.892. The van der Waals surface area contributed by atoms with Crippen LogP contribution in [0, 0.1) is 0 Å². The smallest absolute Gasteiger partial charge is 0.251 e. The normalized spacial score (nSPS) is 10.3. The third kappa shape index (κ3) is 3.99. The Labute approximate surface area is 90.1 Å². The van der Waals surface area contributed by atoms with Gasteiger partial charge in [-0.25, -0.2) is 0 Å². The number of rotatable bonds is 4. The molecule has 1 rings (SSSR count). The summed E-state index contributed by atoms with van der Waals surface area (Å²) in [5.74, 6) is -0.0862. The Morgan fingerprint density at radius 2 is 1.93 bits per heavy atom. The van der Waals surface area contributed by atoms with Crippen molar-refractivity contribution in [2.24, 2.45) is 0 Å². The van der Waals surface area contributed by atoms with Gasteiger partial charge in [-0.15, -0.1) is 0 Å². The van der Waals surface area contributed by atoms with E-state index in [1.807, 2.05) is 19.0 Å². The minimum atomic E-state index is -0.0862. The highest BCUT2D eigenvalue weighted by molar-refractivity contribution is 5.94. The Morgan fingerprint density at radius 3 is 2.47 bits per heavy atom. The van der Waals surface area contributed by atoms with Crippen LogP contribution in [0.2, 0.25) is 0 Å². The molecular weight excluding hydrogens is 190 g/mol. The molecule has 4 heteroatoms. The van der Waals surface area contributed by atoms with Gasteiger partial charge in [0.25, 0.3) is 5.91 Å². The van der Waals surface area contributed by atoms with Gasteiger partial charge in [-0.1, -0.05) is 0 Å². The second-order valence-corrected chi connectivity index (χ2v) is 3.64. The Hall–Kier alpha value is -1.55. The number of carbonyl (C=O) groups is 1. The van der Waals surface area contributed by atoms with E-state index in [1.165, 1.54) is 0 Å². The van der Waals surface area contributed by atoms with E-state index < -0.39 is 0 Å². The van der Waals surface area contributed by atoms with E-state index in [0.717, 1.165) is 6.54 Å². The standard InChI is InChI=1S/C11H16N3O/c1-14(2)8-7-13-11(15)9-3-5-10(12)6-4-9/h3-6,12H,7-8H2,1-2H3,(H,13,15). The quantitative estimate of drug-likeness (QED) is 0.795. The van der Waals surface area contributed by atoms with Gasteiger partial charge in [-0.2, -0.15) is 0 Å². The Kier molecular flexibility index (Phi) is 4.12. The van der Waals surface area contributed by atoms with E-state index in [2.05, 4.69) is 5.32 Å². The maximum atomic E-state index is 11.5. The molecule has 0 spiro atoms. The van der Waals surface area contributed by atoms with Crippen molar-refractivity contribution in [3.8, 4) is 0 Å². The van der Waals surface area contributed by atoms with Crippen LogP contribution in [0.1, 0.15) is 10.4 Å². The minimum absolute atomic E-state index is 0.0862. The average molecular weight is 206 g/mol. The molecule has 81 valence electrons. The van der Waals surface area contributed by atoms with Gasteiger partial charge in [0.2, 0.25) is 0 Å². The van der Waals surface area contributed by atoms with E-state index in [-0.39, 0.29) is 5.91 Å². The largest absolute Gasteiger partial charge is 0.351 e. The number of hydrogen-bond acceptors (Lipinski definition) is 2. The SMILES string of the molecule is CN(C)CCNC(=O)c1ccc([NH])cc1. The molecule has 0 atom stereocenters. The van der Waals surface area contributed by atoms with E-state index in [9.17, 15) is 4.79 Å². The molecule has 0 aliphatic heterocycles. The van der Waals surface area contributed by atoms with Gasteiger partial charge in [0, 0.05) is 18.7 Å². The van der Waals surface area contributed by atoms with Crippen LogP contribution >= 0.6 is 0 Å². The lowest BCUT2D eigenvalue weighted by atomic mass is 10.2. The highest BCUT2D eigenvalue weighted by Crippen LogP contribution is 2.06. The highest BCUT2D eigenvalue weighted by Gasteiger charge is 2.03. The molecule has 0 saturated heterocycles. The molecule has 1 aromatic rings. The molecular formula is C11H16N3O.